The van der Waals surface area contributed by atoms with Crippen molar-refractivity contribution in [2.45, 2.75) is 12.5 Å². The van der Waals surface area contributed by atoms with Crippen molar-refractivity contribution in [2.24, 2.45) is 0 Å². The van der Waals surface area contributed by atoms with Crippen molar-refractivity contribution >= 4 is 32.8 Å². The number of carboxylic acid groups (broad SMARTS) is 1. The van der Waals surface area contributed by atoms with E-state index in [0.29, 0.717) is 12.2 Å². The van der Waals surface area contributed by atoms with Crippen LogP contribution in [-0.2, 0) is 6.42 Å². The first-order valence-electron chi connectivity index (χ1n) is 7.82. The standard InChI is InChI=1S/C19H17BrN2O3/c20-18-16-8-9-21-11-14(16)6-7-17(18)25-12-15(22-19(23)24)10-13-4-2-1-3-5-13/h1-9,11,15,22H,10,12H2,(H,23,24)/t15-/m1/s1. The average molecular weight is 401 g/mol. The largest absolute Gasteiger partial charge is 0.490 e. The molecule has 0 spiro atoms. The number of nitrogens with one attached hydrogen (secondary N) is 1. The van der Waals surface area contributed by atoms with E-state index in [9.17, 15) is 4.79 Å². The molecule has 3 aromatic rings. The lowest BCUT2D eigenvalue weighted by molar-refractivity contribution is 0.180. The minimum absolute atomic E-state index is 0.233. The van der Waals surface area contributed by atoms with Gasteiger partial charge < -0.3 is 15.2 Å². The molecule has 1 aromatic heterocycles. The molecule has 0 radical (unpaired) electrons. The Hall–Kier alpha value is -2.60. The van der Waals surface area contributed by atoms with Crippen LogP contribution in [0.3, 0.4) is 0 Å². The summed E-state index contributed by atoms with van der Waals surface area (Å²) in [5.41, 5.74) is 1.05. The molecule has 0 fully saturated rings. The van der Waals surface area contributed by atoms with Crippen molar-refractivity contribution in [3.05, 3.63) is 71.0 Å². The molecule has 0 saturated heterocycles. The van der Waals surface area contributed by atoms with Gasteiger partial charge in [-0.15, -0.1) is 0 Å². The molecule has 0 saturated carbocycles. The van der Waals surface area contributed by atoms with E-state index in [0.717, 1.165) is 20.8 Å². The van der Waals surface area contributed by atoms with Crippen LogP contribution in [0.1, 0.15) is 5.56 Å². The van der Waals surface area contributed by atoms with Crippen LogP contribution in [0.5, 0.6) is 5.75 Å². The van der Waals surface area contributed by atoms with Crippen molar-refractivity contribution in [1.82, 2.24) is 10.3 Å². The number of fused-ring (bicyclic) bond motifs is 1. The van der Waals surface area contributed by atoms with E-state index in [1.165, 1.54) is 0 Å². The second-order valence-electron chi connectivity index (χ2n) is 5.62. The lowest BCUT2D eigenvalue weighted by atomic mass is 10.1. The number of ether oxygens (including phenoxy) is 1. The number of rotatable bonds is 6. The van der Waals surface area contributed by atoms with Crippen LogP contribution >= 0.6 is 15.9 Å². The molecule has 128 valence electrons. The Morgan fingerprint density at radius 1 is 1.20 bits per heavy atom. The summed E-state index contributed by atoms with van der Waals surface area (Å²) < 4.78 is 6.72. The van der Waals surface area contributed by atoms with E-state index in [-0.39, 0.29) is 12.6 Å². The molecule has 0 aliphatic carbocycles. The third-order valence-electron chi connectivity index (χ3n) is 3.81. The van der Waals surface area contributed by atoms with Gasteiger partial charge in [0, 0.05) is 23.2 Å². The third-order valence-corrected chi connectivity index (χ3v) is 4.63. The highest BCUT2D eigenvalue weighted by Gasteiger charge is 2.15. The highest BCUT2D eigenvalue weighted by molar-refractivity contribution is 9.10. The van der Waals surface area contributed by atoms with Gasteiger partial charge in [-0.25, -0.2) is 4.79 Å². The summed E-state index contributed by atoms with van der Waals surface area (Å²) in [6.07, 6.45) is 3.00. The van der Waals surface area contributed by atoms with Crippen LogP contribution in [0.4, 0.5) is 4.79 Å². The summed E-state index contributed by atoms with van der Waals surface area (Å²) in [4.78, 5) is 15.2. The normalized spacial score (nSPS) is 11.9. The molecule has 2 N–H and O–H groups in total. The molecule has 2 aromatic carbocycles. The van der Waals surface area contributed by atoms with Gasteiger partial charge in [0.2, 0.25) is 0 Å². The quantitative estimate of drug-likeness (QED) is 0.648. The molecule has 1 amide bonds. The average Bonchev–Trinajstić information content (AvgIpc) is 2.61. The number of halogens is 1. The molecule has 0 unspecified atom stereocenters. The SMILES string of the molecule is O=C(O)N[C@@H](COc1ccc2cnccc2c1Br)Cc1ccccc1. The first-order valence-corrected chi connectivity index (χ1v) is 8.61. The monoisotopic (exact) mass is 400 g/mol. The Balaban J connectivity index is 1.74. The fourth-order valence-electron chi connectivity index (χ4n) is 2.64. The number of pyridine rings is 1. The predicted octanol–water partition coefficient (Wildman–Crippen LogP) is 4.26. The molecule has 6 heteroatoms. The molecule has 25 heavy (non-hydrogen) atoms. The predicted molar refractivity (Wildman–Crippen MR) is 100 cm³/mol. The Morgan fingerprint density at radius 2 is 2.00 bits per heavy atom. The van der Waals surface area contributed by atoms with Gasteiger partial charge in [0.1, 0.15) is 12.4 Å². The zero-order chi connectivity index (χ0) is 17.6. The fraction of sp³-hybridized carbons (Fsp3) is 0.158. The first kappa shape index (κ1) is 17.2. The molecule has 1 heterocycles. The van der Waals surface area contributed by atoms with E-state index in [2.05, 4.69) is 26.2 Å². The second-order valence-corrected chi connectivity index (χ2v) is 6.41. The number of benzene rings is 2. The van der Waals surface area contributed by atoms with E-state index in [1.807, 2.05) is 48.5 Å². The molecule has 0 aliphatic heterocycles. The fourth-order valence-corrected chi connectivity index (χ4v) is 3.25. The van der Waals surface area contributed by atoms with Crippen molar-refractivity contribution < 1.29 is 14.6 Å². The minimum Gasteiger partial charge on any atom is -0.490 e. The smallest absolute Gasteiger partial charge is 0.405 e. The van der Waals surface area contributed by atoms with Gasteiger partial charge in [-0.05, 0) is 46.1 Å². The highest BCUT2D eigenvalue weighted by atomic mass is 79.9. The van der Waals surface area contributed by atoms with Gasteiger partial charge in [-0.1, -0.05) is 30.3 Å². The Morgan fingerprint density at radius 3 is 2.76 bits per heavy atom. The minimum atomic E-state index is -1.06. The molecule has 0 bridgehead atoms. The number of aromatic nitrogens is 1. The van der Waals surface area contributed by atoms with Gasteiger partial charge in [0.25, 0.3) is 0 Å². The van der Waals surface area contributed by atoms with Crippen molar-refractivity contribution in [1.29, 1.82) is 0 Å². The van der Waals surface area contributed by atoms with Gasteiger partial charge in [0.15, 0.2) is 0 Å². The van der Waals surface area contributed by atoms with Crippen molar-refractivity contribution in [2.75, 3.05) is 6.61 Å². The number of hydrogen-bond donors (Lipinski definition) is 2. The van der Waals surface area contributed by atoms with E-state index in [4.69, 9.17) is 9.84 Å². The van der Waals surface area contributed by atoms with E-state index >= 15 is 0 Å². The number of carbonyl (C=O) groups is 1. The Labute approximate surface area is 153 Å². The summed E-state index contributed by atoms with van der Waals surface area (Å²) >= 11 is 3.56. The van der Waals surface area contributed by atoms with Crippen LogP contribution in [0.15, 0.2) is 65.4 Å². The van der Waals surface area contributed by atoms with E-state index in [1.54, 1.807) is 12.4 Å². The molecule has 1 atom stereocenters. The van der Waals surface area contributed by atoms with Crippen LogP contribution in [-0.4, -0.2) is 28.8 Å². The maximum absolute atomic E-state index is 11.1. The van der Waals surface area contributed by atoms with Crippen LogP contribution in [0.25, 0.3) is 10.8 Å². The second kappa shape index (κ2) is 7.98. The summed E-state index contributed by atoms with van der Waals surface area (Å²) in [5, 5.41) is 13.6. The number of hydrogen-bond acceptors (Lipinski definition) is 3. The van der Waals surface area contributed by atoms with Gasteiger partial charge in [0.05, 0.1) is 10.5 Å². The molecular weight excluding hydrogens is 384 g/mol. The van der Waals surface area contributed by atoms with Crippen LogP contribution in [0.2, 0.25) is 0 Å². The van der Waals surface area contributed by atoms with Crippen LogP contribution in [0, 0.1) is 0 Å². The molecule has 5 nitrogen and oxygen atoms in total. The van der Waals surface area contributed by atoms with Crippen molar-refractivity contribution in [3.8, 4) is 5.75 Å². The summed E-state index contributed by atoms with van der Waals surface area (Å²) in [6, 6.07) is 15.1. The summed E-state index contributed by atoms with van der Waals surface area (Å²) in [7, 11) is 0. The molecular formula is C19H17BrN2O3. The maximum Gasteiger partial charge on any atom is 0.405 e. The lowest BCUT2D eigenvalue weighted by Crippen LogP contribution is -2.39. The Kier molecular flexibility index (Phi) is 5.50. The number of amides is 1. The van der Waals surface area contributed by atoms with Crippen LogP contribution < -0.4 is 10.1 Å². The zero-order valence-electron chi connectivity index (χ0n) is 13.4. The lowest BCUT2D eigenvalue weighted by Gasteiger charge is -2.19. The molecule has 3 rings (SSSR count). The van der Waals surface area contributed by atoms with Gasteiger partial charge in [-0.3, -0.25) is 4.98 Å². The molecule has 0 aliphatic rings. The maximum atomic E-state index is 11.1. The van der Waals surface area contributed by atoms with Crippen molar-refractivity contribution in [3.63, 3.8) is 0 Å². The summed E-state index contributed by atoms with van der Waals surface area (Å²) in [5.74, 6) is 0.670. The van der Waals surface area contributed by atoms with Gasteiger partial charge in [-0.2, -0.15) is 0 Å². The zero-order valence-corrected chi connectivity index (χ0v) is 14.9. The first-order chi connectivity index (χ1) is 12.1. The van der Waals surface area contributed by atoms with Gasteiger partial charge >= 0.3 is 6.09 Å². The number of nitrogens with zero attached hydrogens (tertiary/aromatic N) is 1. The highest BCUT2D eigenvalue weighted by Crippen LogP contribution is 2.32. The summed E-state index contributed by atoms with van der Waals surface area (Å²) in [6.45, 7) is 0.233. The Bertz CT molecular complexity index is 871. The third kappa shape index (κ3) is 4.48. The topological polar surface area (TPSA) is 71.5 Å². The van der Waals surface area contributed by atoms with E-state index < -0.39 is 6.09 Å².